The van der Waals surface area contributed by atoms with Gasteiger partial charge in [-0.05, 0) is 41.8 Å². The summed E-state index contributed by atoms with van der Waals surface area (Å²) in [4.78, 5) is 2.23. The number of fused-ring (bicyclic) bond motifs is 2. The highest BCUT2D eigenvalue weighted by Gasteiger charge is 2.41. The molecule has 120 valence electrons. The van der Waals surface area contributed by atoms with E-state index in [1.54, 1.807) is 14.2 Å². The molecule has 0 saturated carbocycles. The van der Waals surface area contributed by atoms with Gasteiger partial charge in [0, 0.05) is 12.1 Å². The van der Waals surface area contributed by atoms with Crippen LogP contribution in [0, 0.1) is 0 Å². The van der Waals surface area contributed by atoms with Crippen molar-refractivity contribution in [3.8, 4) is 22.6 Å². The molecule has 1 aliphatic heterocycles. The third-order valence-corrected chi connectivity index (χ3v) is 5.15. The molecule has 1 aliphatic carbocycles. The quantitative estimate of drug-likeness (QED) is 0.926. The maximum atomic E-state index is 11.0. The van der Waals surface area contributed by atoms with Gasteiger partial charge in [0.1, 0.15) is 0 Å². The van der Waals surface area contributed by atoms with Gasteiger partial charge in [0.2, 0.25) is 0 Å². The van der Waals surface area contributed by atoms with Crippen molar-refractivity contribution < 1.29 is 14.6 Å². The lowest BCUT2D eigenvalue weighted by molar-refractivity contribution is 0.0542. The number of benzene rings is 2. The maximum absolute atomic E-state index is 11.0. The van der Waals surface area contributed by atoms with E-state index in [0.717, 1.165) is 41.2 Å². The van der Waals surface area contributed by atoms with Crippen LogP contribution in [0.3, 0.4) is 0 Å². The highest BCUT2D eigenvalue weighted by atomic mass is 16.5. The first kappa shape index (κ1) is 14.5. The summed E-state index contributed by atoms with van der Waals surface area (Å²) in [5.41, 5.74) is 5.49. The second-order valence-corrected chi connectivity index (χ2v) is 6.27. The number of hydrogen-bond donors (Lipinski definition) is 1. The lowest BCUT2D eigenvalue weighted by Gasteiger charge is -2.43. The molecule has 4 nitrogen and oxygen atoms in total. The molecule has 4 heteroatoms. The van der Waals surface area contributed by atoms with E-state index >= 15 is 0 Å². The molecule has 2 aromatic carbocycles. The number of rotatable bonds is 2. The predicted octanol–water partition coefficient (Wildman–Crippen LogP) is 2.95. The van der Waals surface area contributed by atoms with Crippen molar-refractivity contribution >= 4 is 0 Å². The van der Waals surface area contributed by atoms with Gasteiger partial charge in [-0.2, -0.15) is 0 Å². The van der Waals surface area contributed by atoms with E-state index in [2.05, 4.69) is 24.1 Å². The van der Waals surface area contributed by atoms with E-state index in [9.17, 15) is 5.11 Å². The number of aliphatic hydroxyl groups is 1. The summed E-state index contributed by atoms with van der Waals surface area (Å²) < 4.78 is 11.3. The van der Waals surface area contributed by atoms with E-state index in [1.165, 1.54) is 11.1 Å². The van der Waals surface area contributed by atoms with Crippen LogP contribution in [0.15, 0.2) is 30.3 Å². The zero-order valence-corrected chi connectivity index (χ0v) is 13.7. The van der Waals surface area contributed by atoms with Gasteiger partial charge in [0.15, 0.2) is 11.5 Å². The van der Waals surface area contributed by atoms with Crippen molar-refractivity contribution in [2.45, 2.75) is 18.6 Å². The van der Waals surface area contributed by atoms with Gasteiger partial charge in [0.25, 0.3) is 0 Å². The molecule has 4 rings (SSSR count). The average Bonchev–Trinajstić information content (AvgIpc) is 2.59. The minimum atomic E-state index is -0.527. The van der Waals surface area contributed by atoms with Crippen molar-refractivity contribution in [3.63, 3.8) is 0 Å². The Labute approximate surface area is 136 Å². The summed E-state index contributed by atoms with van der Waals surface area (Å²) in [6.07, 6.45) is 0.422. The summed E-state index contributed by atoms with van der Waals surface area (Å²) in [5.74, 6) is 1.52. The van der Waals surface area contributed by atoms with Crippen molar-refractivity contribution in [1.29, 1.82) is 0 Å². The molecule has 0 fully saturated rings. The van der Waals surface area contributed by atoms with Crippen LogP contribution in [0.5, 0.6) is 11.5 Å². The highest BCUT2D eigenvalue weighted by molar-refractivity contribution is 5.84. The molecule has 0 amide bonds. The van der Waals surface area contributed by atoms with Crippen LogP contribution in [0.1, 0.15) is 28.8 Å². The van der Waals surface area contributed by atoms with Crippen molar-refractivity contribution in [2.75, 3.05) is 27.8 Å². The fraction of sp³-hybridized carbons (Fsp3) is 0.368. The molecule has 1 N–H and O–H groups in total. The van der Waals surface area contributed by atoms with Crippen LogP contribution in [0.25, 0.3) is 11.1 Å². The SMILES string of the molecule is COc1cc2c3c(c1OC)-c1ccccc1[C@H](O)[C@H]3N(C)CC2. The first-order chi connectivity index (χ1) is 11.2. The Morgan fingerprint density at radius 2 is 1.96 bits per heavy atom. The zero-order chi connectivity index (χ0) is 16.1. The van der Waals surface area contributed by atoms with Crippen LogP contribution in [-0.4, -0.2) is 37.8 Å². The van der Waals surface area contributed by atoms with Crippen LogP contribution >= 0.6 is 0 Å². The largest absolute Gasteiger partial charge is 0.493 e. The summed E-state index contributed by atoms with van der Waals surface area (Å²) >= 11 is 0. The Kier molecular flexibility index (Phi) is 3.32. The number of methoxy groups -OCH3 is 2. The average molecular weight is 311 g/mol. The van der Waals surface area contributed by atoms with Crippen molar-refractivity contribution in [1.82, 2.24) is 4.90 Å². The summed E-state index contributed by atoms with van der Waals surface area (Å²) in [6.45, 7) is 0.922. The van der Waals surface area contributed by atoms with E-state index in [-0.39, 0.29) is 6.04 Å². The molecular weight excluding hydrogens is 290 g/mol. The van der Waals surface area contributed by atoms with Crippen LogP contribution < -0.4 is 9.47 Å². The minimum Gasteiger partial charge on any atom is -0.493 e. The molecule has 0 aromatic heterocycles. The molecule has 2 aliphatic rings. The lowest BCUT2D eigenvalue weighted by Crippen LogP contribution is -2.38. The monoisotopic (exact) mass is 311 g/mol. The number of hydrogen-bond acceptors (Lipinski definition) is 4. The molecule has 1 heterocycles. The lowest BCUT2D eigenvalue weighted by atomic mass is 9.75. The first-order valence-electron chi connectivity index (χ1n) is 7.92. The second-order valence-electron chi connectivity index (χ2n) is 6.27. The molecule has 0 spiro atoms. The van der Waals surface area contributed by atoms with Gasteiger partial charge in [-0.25, -0.2) is 0 Å². The second kappa shape index (κ2) is 5.25. The molecule has 0 radical (unpaired) electrons. The third kappa shape index (κ3) is 1.92. The Morgan fingerprint density at radius 3 is 2.70 bits per heavy atom. The topological polar surface area (TPSA) is 41.9 Å². The highest BCUT2D eigenvalue weighted by Crippen LogP contribution is 2.55. The van der Waals surface area contributed by atoms with E-state index in [4.69, 9.17) is 9.47 Å². The van der Waals surface area contributed by atoms with Crippen molar-refractivity contribution in [3.05, 3.63) is 47.0 Å². The smallest absolute Gasteiger partial charge is 0.168 e. The van der Waals surface area contributed by atoms with Crippen molar-refractivity contribution in [2.24, 2.45) is 0 Å². The molecular formula is C19H21NO3. The molecule has 0 saturated heterocycles. The van der Waals surface area contributed by atoms with Gasteiger partial charge in [-0.1, -0.05) is 24.3 Å². The number of nitrogens with zero attached hydrogens (tertiary/aromatic N) is 1. The van der Waals surface area contributed by atoms with Gasteiger partial charge in [-0.3, -0.25) is 4.90 Å². The Balaban J connectivity index is 2.12. The number of ether oxygens (including phenoxy) is 2. The van der Waals surface area contributed by atoms with Gasteiger partial charge in [0.05, 0.1) is 26.4 Å². The van der Waals surface area contributed by atoms with E-state index in [0.29, 0.717) is 0 Å². The first-order valence-corrected chi connectivity index (χ1v) is 7.92. The van der Waals surface area contributed by atoms with Crippen LogP contribution in [0.2, 0.25) is 0 Å². The molecule has 23 heavy (non-hydrogen) atoms. The predicted molar refractivity (Wildman–Crippen MR) is 89.0 cm³/mol. The van der Waals surface area contributed by atoms with E-state index in [1.807, 2.05) is 18.2 Å². The van der Waals surface area contributed by atoms with Gasteiger partial charge < -0.3 is 14.6 Å². The van der Waals surface area contributed by atoms with Gasteiger partial charge in [-0.15, -0.1) is 0 Å². The summed E-state index contributed by atoms with van der Waals surface area (Å²) in [6, 6.07) is 10.1. The minimum absolute atomic E-state index is 0.0385. The summed E-state index contributed by atoms with van der Waals surface area (Å²) in [7, 11) is 5.42. The molecule has 0 unspecified atom stereocenters. The number of likely N-dealkylation sites (N-methyl/N-ethyl adjacent to an activating group) is 1. The Hall–Kier alpha value is -2.04. The fourth-order valence-electron chi connectivity index (χ4n) is 4.08. The van der Waals surface area contributed by atoms with Crippen LogP contribution in [-0.2, 0) is 6.42 Å². The molecule has 2 aromatic rings. The standard InChI is InChI=1S/C19H21NO3/c1-20-9-8-11-10-14(22-2)19(23-3)16-12-6-4-5-7-13(12)18(21)17(20)15(11)16/h4-7,10,17-18,21H,8-9H2,1-3H3/t17-,18-/m0/s1. The number of aliphatic hydroxyl groups excluding tert-OH is 1. The molecule has 0 bridgehead atoms. The maximum Gasteiger partial charge on any atom is 0.168 e. The zero-order valence-electron chi connectivity index (χ0n) is 13.7. The fourth-order valence-corrected chi connectivity index (χ4v) is 4.08. The Morgan fingerprint density at radius 1 is 1.17 bits per heavy atom. The van der Waals surface area contributed by atoms with E-state index < -0.39 is 6.10 Å². The van der Waals surface area contributed by atoms with Crippen LogP contribution in [0.4, 0.5) is 0 Å². The van der Waals surface area contributed by atoms with Gasteiger partial charge >= 0.3 is 0 Å². The normalized spacial score (nSPS) is 22.3. The Bertz CT molecular complexity index is 771. The summed E-state index contributed by atoms with van der Waals surface area (Å²) in [5, 5.41) is 11.0. The third-order valence-electron chi connectivity index (χ3n) is 5.15. The molecule has 2 atom stereocenters.